The molecule has 0 amide bonds. The monoisotopic (exact) mass is 510 g/mol. The fraction of sp³-hybridized carbons (Fsp3) is 0.143. The smallest absolute Gasteiger partial charge is 0.124 e. The van der Waals surface area contributed by atoms with E-state index in [0.717, 1.165) is 30.3 Å². The molecule has 5 heteroatoms. The highest BCUT2D eigenvalue weighted by atomic mass is 79.9. The SMILES string of the molecule is COc1cc(Br)ccc1C(Br)c1cc(Br)ccc1Br. The van der Waals surface area contributed by atoms with Crippen LogP contribution in [-0.2, 0) is 0 Å². The number of ether oxygens (including phenoxy) is 1. The van der Waals surface area contributed by atoms with Gasteiger partial charge in [-0.25, -0.2) is 0 Å². The van der Waals surface area contributed by atoms with Crippen molar-refractivity contribution in [1.29, 1.82) is 0 Å². The largest absolute Gasteiger partial charge is 0.496 e. The van der Waals surface area contributed by atoms with Crippen molar-refractivity contribution in [2.24, 2.45) is 0 Å². The summed E-state index contributed by atoms with van der Waals surface area (Å²) in [4.78, 5) is 0.0578. The lowest BCUT2D eigenvalue weighted by molar-refractivity contribution is 0.410. The van der Waals surface area contributed by atoms with E-state index >= 15 is 0 Å². The van der Waals surface area contributed by atoms with Crippen LogP contribution in [0.4, 0.5) is 0 Å². The maximum atomic E-state index is 5.45. The van der Waals surface area contributed by atoms with E-state index in [1.54, 1.807) is 7.11 Å². The summed E-state index contributed by atoms with van der Waals surface area (Å²) in [5.41, 5.74) is 2.24. The summed E-state index contributed by atoms with van der Waals surface area (Å²) in [6.45, 7) is 0. The molecule has 2 rings (SSSR count). The van der Waals surface area contributed by atoms with Crippen molar-refractivity contribution in [1.82, 2.24) is 0 Å². The van der Waals surface area contributed by atoms with Crippen molar-refractivity contribution < 1.29 is 4.74 Å². The third-order valence-electron chi connectivity index (χ3n) is 2.70. The van der Waals surface area contributed by atoms with Gasteiger partial charge >= 0.3 is 0 Å². The van der Waals surface area contributed by atoms with E-state index < -0.39 is 0 Å². The maximum absolute atomic E-state index is 5.45. The average molecular weight is 514 g/mol. The van der Waals surface area contributed by atoms with Crippen molar-refractivity contribution in [3.05, 3.63) is 60.9 Å². The fourth-order valence-electron chi connectivity index (χ4n) is 1.77. The van der Waals surface area contributed by atoms with E-state index in [9.17, 15) is 0 Å². The third kappa shape index (κ3) is 3.63. The standard InChI is InChI=1S/C14H10Br4O/c1-19-13-7-9(16)2-4-10(13)14(18)11-6-8(15)3-5-12(11)17/h2-7,14H,1H3. The van der Waals surface area contributed by atoms with Crippen LogP contribution in [0, 0.1) is 0 Å². The predicted molar refractivity (Wildman–Crippen MR) is 93.3 cm³/mol. The highest BCUT2D eigenvalue weighted by Gasteiger charge is 2.18. The number of benzene rings is 2. The second-order valence-electron chi connectivity index (χ2n) is 3.91. The topological polar surface area (TPSA) is 9.23 Å². The second kappa shape index (κ2) is 6.74. The Kier molecular flexibility index (Phi) is 5.52. The zero-order chi connectivity index (χ0) is 14.0. The van der Waals surface area contributed by atoms with E-state index in [1.807, 2.05) is 24.3 Å². The van der Waals surface area contributed by atoms with Gasteiger partial charge < -0.3 is 4.74 Å². The minimum atomic E-state index is 0.0578. The fourth-order valence-corrected chi connectivity index (χ4v) is 4.03. The molecule has 2 aromatic carbocycles. The van der Waals surface area contributed by atoms with Crippen LogP contribution >= 0.6 is 63.7 Å². The van der Waals surface area contributed by atoms with Gasteiger partial charge in [0.2, 0.25) is 0 Å². The molecule has 0 saturated heterocycles. The molecule has 0 aromatic heterocycles. The minimum absolute atomic E-state index is 0.0578. The van der Waals surface area contributed by atoms with Crippen LogP contribution in [-0.4, -0.2) is 7.11 Å². The summed E-state index contributed by atoms with van der Waals surface area (Å²) in [7, 11) is 1.68. The molecule has 0 radical (unpaired) electrons. The zero-order valence-electron chi connectivity index (χ0n) is 9.96. The van der Waals surface area contributed by atoms with E-state index in [2.05, 4.69) is 75.9 Å². The van der Waals surface area contributed by atoms with Gasteiger partial charge in [-0.1, -0.05) is 69.8 Å². The van der Waals surface area contributed by atoms with Crippen LogP contribution < -0.4 is 4.74 Å². The molecule has 1 unspecified atom stereocenters. The normalized spacial score (nSPS) is 12.3. The number of hydrogen-bond donors (Lipinski definition) is 0. The molecule has 0 aliphatic heterocycles. The minimum Gasteiger partial charge on any atom is -0.496 e. The molecule has 19 heavy (non-hydrogen) atoms. The molecule has 0 saturated carbocycles. The lowest BCUT2D eigenvalue weighted by atomic mass is 10.0. The number of alkyl halides is 1. The lowest BCUT2D eigenvalue weighted by Crippen LogP contribution is -1.98. The van der Waals surface area contributed by atoms with Gasteiger partial charge in [-0.15, -0.1) is 0 Å². The summed E-state index contributed by atoms with van der Waals surface area (Å²) < 4.78 is 8.56. The first-order chi connectivity index (χ1) is 9.02. The quantitative estimate of drug-likeness (QED) is 0.428. The van der Waals surface area contributed by atoms with Gasteiger partial charge in [0.1, 0.15) is 5.75 Å². The van der Waals surface area contributed by atoms with Gasteiger partial charge in [-0.2, -0.15) is 0 Å². The first-order valence-electron chi connectivity index (χ1n) is 5.45. The zero-order valence-corrected chi connectivity index (χ0v) is 16.3. The Morgan fingerprint density at radius 2 is 1.53 bits per heavy atom. The molecule has 0 aliphatic rings. The molecule has 2 aromatic rings. The average Bonchev–Trinajstić information content (AvgIpc) is 2.40. The van der Waals surface area contributed by atoms with Crippen molar-refractivity contribution in [3.8, 4) is 5.75 Å². The van der Waals surface area contributed by atoms with Gasteiger partial charge in [0.15, 0.2) is 0 Å². The first kappa shape index (κ1) is 15.5. The van der Waals surface area contributed by atoms with Crippen LogP contribution in [0.2, 0.25) is 0 Å². The molecular formula is C14H10Br4O. The van der Waals surface area contributed by atoms with Crippen LogP contribution in [0.15, 0.2) is 49.8 Å². The van der Waals surface area contributed by atoms with E-state index in [0.29, 0.717) is 0 Å². The second-order valence-corrected chi connectivity index (χ2v) is 7.52. The van der Waals surface area contributed by atoms with Crippen molar-refractivity contribution in [3.63, 3.8) is 0 Å². The molecule has 0 bridgehead atoms. The Hall–Kier alpha value is 0.160. The Bertz CT molecular complexity index is 598. The summed E-state index contributed by atoms with van der Waals surface area (Å²) in [5, 5.41) is 0. The van der Waals surface area contributed by atoms with Crippen LogP contribution in [0.5, 0.6) is 5.75 Å². The molecule has 0 spiro atoms. The third-order valence-corrected chi connectivity index (χ3v) is 5.39. The van der Waals surface area contributed by atoms with E-state index in [1.165, 1.54) is 0 Å². The molecule has 100 valence electrons. The Morgan fingerprint density at radius 1 is 0.895 bits per heavy atom. The van der Waals surface area contributed by atoms with Gasteiger partial charge in [0.25, 0.3) is 0 Å². The highest BCUT2D eigenvalue weighted by Crippen LogP contribution is 2.41. The van der Waals surface area contributed by atoms with Crippen molar-refractivity contribution in [2.45, 2.75) is 4.83 Å². The van der Waals surface area contributed by atoms with E-state index in [4.69, 9.17) is 4.74 Å². The summed E-state index contributed by atoms with van der Waals surface area (Å²) in [6.07, 6.45) is 0. The summed E-state index contributed by atoms with van der Waals surface area (Å²) in [5.74, 6) is 0.850. The predicted octanol–water partition coefficient (Wildman–Crippen LogP) is 6.47. The number of methoxy groups -OCH3 is 1. The van der Waals surface area contributed by atoms with Crippen LogP contribution in [0.1, 0.15) is 16.0 Å². The van der Waals surface area contributed by atoms with Crippen molar-refractivity contribution in [2.75, 3.05) is 7.11 Å². The molecular weight excluding hydrogens is 504 g/mol. The molecule has 1 atom stereocenters. The summed E-state index contributed by atoms with van der Waals surface area (Å²) in [6, 6.07) is 12.2. The Labute approximate surface area is 146 Å². The van der Waals surface area contributed by atoms with Gasteiger partial charge in [0, 0.05) is 19.0 Å². The van der Waals surface area contributed by atoms with Crippen LogP contribution in [0.3, 0.4) is 0 Å². The van der Waals surface area contributed by atoms with E-state index in [-0.39, 0.29) is 4.83 Å². The highest BCUT2D eigenvalue weighted by molar-refractivity contribution is 9.11. The van der Waals surface area contributed by atoms with Crippen LogP contribution in [0.25, 0.3) is 0 Å². The Balaban J connectivity index is 2.49. The number of halogens is 4. The molecule has 0 fully saturated rings. The Morgan fingerprint density at radius 3 is 2.21 bits per heavy atom. The number of rotatable bonds is 3. The van der Waals surface area contributed by atoms with Crippen molar-refractivity contribution >= 4 is 63.7 Å². The first-order valence-corrected chi connectivity index (χ1v) is 8.75. The lowest BCUT2D eigenvalue weighted by Gasteiger charge is -2.16. The van der Waals surface area contributed by atoms with Gasteiger partial charge in [-0.05, 0) is 35.9 Å². The molecule has 1 nitrogen and oxygen atoms in total. The van der Waals surface area contributed by atoms with Gasteiger partial charge in [-0.3, -0.25) is 0 Å². The molecule has 0 heterocycles. The molecule has 0 aliphatic carbocycles. The summed E-state index contributed by atoms with van der Waals surface area (Å²) >= 11 is 14.3. The van der Waals surface area contributed by atoms with Gasteiger partial charge in [0.05, 0.1) is 11.9 Å². The molecule has 0 N–H and O–H groups in total. The number of hydrogen-bond acceptors (Lipinski definition) is 1. The maximum Gasteiger partial charge on any atom is 0.124 e.